The van der Waals surface area contributed by atoms with E-state index in [0.717, 1.165) is 0 Å². The molecule has 0 aliphatic rings. The first-order chi connectivity index (χ1) is 22.2. The molecular weight excluding hydrogens is 580 g/mol. The minimum atomic E-state index is -0.938. The molecule has 46 heavy (non-hydrogen) atoms. The molecule has 0 radical (unpaired) electrons. The number of nitrogens with one attached hydrogen (secondary N) is 2. The van der Waals surface area contributed by atoms with E-state index in [1.165, 1.54) is 86.2 Å². The van der Waals surface area contributed by atoms with E-state index in [2.05, 4.69) is 120 Å². The van der Waals surface area contributed by atoms with E-state index in [1.807, 2.05) is 0 Å². The Kier molecular flexibility index (Phi) is 6.41. The summed E-state index contributed by atoms with van der Waals surface area (Å²) in [4.78, 5) is 38.5. The topological polar surface area (TPSA) is 196 Å². The number of rotatable bonds is 0. The van der Waals surface area contributed by atoms with Gasteiger partial charge in [-0.3, -0.25) is 10.6 Å². The highest BCUT2D eigenvalue weighted by atomic mass is 16.2. The molecule has 10 N–H and O–H groups in total. The van der Waals surface area contributed by atoms with Gasteiger partial charge in [-0.2, -0.15) is 0 Å². The van der Waals surface area contributed by atoms with Crippen LogP contribution in [0.2, 0.25) is 0 Å². The van der Waals surface area contributed by atoms with Crippen LogP contribution in [0.3, 0.4) is 0 Å². The number of carbonyl (C=O) groups excluding carboxylic acids is 4. The molecule has 8 amide bonds. The van der Waals surface area contributed by atoms with E-state index in [1.54, 1.807) is 10.6 Å². The average Bonchev–Trinajstić information content (AvgIpc) is 3.02. The molecule has 0 atom stereocenters. The summed E-state index contributed by atoms with van der Waals surface area (Å²) < 4.78 is 0. The summed E-state index contributed by atoms with van der Waals surface area (Å²) in [6.07, 6.45) is 0. The number of fused-ring (bicyclic) bond motifs is 6. The van der Waals surface area contributed by atoms with Crippen molar-refractivity contribution in [1.82, 2.24) is 10.6 Å². The lowest BCUT2D eigenvalue weighted by atomic mass is 9.79. The van der Waals surface area contributed by atoms with E-state index in [-0.39, 0.29) is 0 Å². The summed E-state index contributed by atoms with van der Waals surface area (Å²) in [7, 11) is 0. The quantitative estimate of drug-likeness (QED) is 0.0826. The van der Waals surface area contributed by atoms with Crippen LogP contribution in [0.25, 0.3) is 86.2 Å². The zero-order chi connectivity index (χ0) is 32.3. The summed E-state index contributed by atoms with van der Waals surface area (Å²) in [6.45, 7) is 0. The maximum absolute atomic E-state index is 9.62. The van der Waals surface area contributed by atoms with Crippen molar-refractivity contribution in [3.63, 3.8) is 0 Å². The number of carbonyl (C=O) groups is 4. The van der Waals surface area contributed by atoms with E-state index >= 15 is 0 Å². The molecule has 10 nitrogen and oxygen atoms in total. The van der Waals surface area contributed by atoms with E-state index in [0.29, 0.717) is 0 Å². The molecule has 0 unspecified atom stereocenters. The normalized spacial score (nSPS) is 11.3. The van der Waals surface area contributed by atoms with Crippen molar-refractivity contribution in [2.45, 2.75) is 0 Å². The Hall–Kier alpha value is -6.68. The summed E-state index contributed by atoms with van der Waals surface area (Å²) in [5.74, 6) is 0. The number of nitrogens with two attached hydrogens (primary N) is 4. The Morgan fingerprint density at radius 3 is 0.935 bits per heavy atom. The molecule has 10 heteroatoms. The van der Waals surface area contributed by atoms with Gasteiger partial charge in [0, 0.05) is 0 Å². The number of hydrogen-bond acceptors (Lipinski definition) is 4. The summed E-state index contributed by atoms with van der Waals surface area (Å²) in [5.41, 5.74) is 17.8. The number of amides is 8. The van der Waals surface area contributed by atoms with Crippen LogP contribution < -0.4 is 33.6 Å². The van der Waals surface area contributed by atoms with Gasteiger partial charge in [0.25, 0.3) is 0 Å². The summed E-state index contributed by atoms with van der Waals surface area (Å²) in [5, 5.41) is 25.3. The third kappa shape index (κ3) is 4.27. The summed E-state index contributed by atoms with van der Waals surface area (Å²) >= 11 is 0. The Bertz CT molecular complexity index is 2470. The number of urea groups is 4. The van der Waals surface area contributed by atoms with Gasteiger partial charge in [0.2, 0.25) is 0 Å². The predicted molar refractivity (Wildman–Crippen MR) is 185 cm³/mol. The highest BCUT2D eigenvalue weighted by molar-refractivity contribution is 6.51. The van der Waals surface area contributed by atoms with E-state index < -0.39 is 24.1 Å². The van der Waals surface area contributed by atoms with Gasteiger partial charge >= 0.3 is 24.1 Å². The predicted octanol–water partition coefficient (Wildman–Crippen LogP) is 6.69. The standard InChI is InChI=1S/C32H16.2C2H5N3O2/c1-3-7-22-20(5-1)24-15-13-18-11-9-17-10-12-19-14-16-25-21-6-2-4-8-23(21)29(22)32-30(24)27(18)26(17)28(19)31(25)32;2*3-1(6)5-2(4)7/h1-16H;2*(H5,3,4,5,6,7). The highest BCUT2D eigenvalue weighted by Gasteiger charge is 2.23. The molecular formula is C36H26N6O4. The molecule has 9 rings (SSSR count). The van der Waals surface area contributed by atoms with Crippen LogP contribution >= 0.6 is 0 Å². The Morgan fingerprint density at radius 1 is 0.326 bits per heavy atom. The molecule has 0 saturated heterocycles. The minimum Gasteiger partial charge on any atom is -0.351 e. The average molecular weight is 607 g/mol. The van der Waals surface area contributed by atoms with Crippen LogP contribution in [0.15, 0.2) is 97.1 Å². The fourth-order valence-electron chi connectivity index (χ4n) is 6.92. The van der Waals surface area contributed by atoms with Gasteiger partial charge in [-0.15, -0.1) is 0 Å². The Morgan fingerprint density at radius 2 is 0.609 bits per heavy atom. The second kappa shape index (κ2) is 10.5. The zero-order valence-corrected chi connectivity index (χ0v) is 24.2. The van der Waals surface area contributed by atoms with E-state index in [9.17, 15) is 19.2 Å². The number of imide groups is 2. The molecule has 0 saturated carbocycles. The first kappa shape index (κ1) is 28.1. The van der Waals surface area contributed by atoms with Crippen molar-refractivity contribution in [2.75, 3.05) is 0 Å². The van der Waals surface area contributed by atoms with Crippen LogP contribution in [0.4, 0.5) is 19.2 Å². The van der Waals surface area contributed by atoms with Gasteiger partial charge in [0.05, 0.1) is 0 Å². The van der Waals surface area contributed by atoms with Crippen LogP contribution in [0.1, 0.15) is 0 Å². The van der Waals surface area contributed by atoms with Crippen molar-refractivity contribution >= 4 is 110 Å². The smallest absolute Gasteiger partial charge is 0.320 e. The number of primary amides is 4. The van der Waals surface area contributed by atoms with Gasteiger partial charge in [-0.05, 0) is 86.2 Å². The maximum Gasteiger partial charge on any atom is 0.320 e. The van der Waals surface area contributed by atoms with Crippen molar-refractivity contribution in [1.29, 1.82) is 0 Å². The fourth-order valence-corrected chi connectivity index (χ4v) is 6.92. The summed E-state index contributed by atoms with van der Waals surface area (Å²) in [6, 6.07) is 32.7. The lowest BCUT2D eigenvalue weighted by Crippen LogP contribution is -2.38. The highest BCUT2D eigenvalue weighted by Crippen LogP contribution is 2.52. The van der Waals surface area contributed by atoms with Crippen LogP contribution in [0, 0.1) is 0 Å². The van der Waals surface area contributed by atoms with E-state index in [4.69, 9.17) is 0 Å². The van der Waals surface area contributed by atoms with Gasteiger partial charge in [0.15, 0.2) is 0 Å². The van der Waals surface area contributed by atoms with Gasteiger partial charge in [-0.25, -0.2) is 19.2 Å². The lowest BCUT2D eigenvalue weighted by molar-refractivity contribution is 0.235. The second-order valence-electron chi connectivity index (χ2n) is 10.9. The number of hydrogen-bond donors (Lipinski definition) is 6. The third-order valence-electron chi connectivity index (χ3n) is 8.36. The Labute approximate surface area is 259 Å². The SMILES string of the molecule is NC(=O)NC(N)=O.NC(=O)NC(N)=O.c1ccc2c(c1)c1ccc3ccc4ccc5ccc6c7ccccc7c2c2c1c3c4c5c62. The molecule has 0 aliphatic carbocycles. The molecule has 224 valence electrons. The molecule has 0 heterocycles. The van der Waals surface area contributed by atoms with Gasteiger partial charge in [-0.1, -0.05) is 97.1 Å². The molecule has 0 aliphatic heterocycles. The molecule has 9 aromatic rings. The van der Waals surface area contributed by atoms with Crippen molar-refractivity contribution < 1.29 is 19.2 Å². The maximum atomic E-state index is 9.62. The lowest BCUT2D eigenvalue weighted by Gasteiger charge is -2.23. The van der Waals surface area contributed by atoms with Gasteiger partial charge < -0.3 is 22.9 Å². The molecule has 0 bridgehead atoms. The third-order valence-corrected chi connectivity index (χ3v) is 8.36. The van der Waals surface area contributed by atoms with Crippen molar-refractivity contribution in [2.24, 2.45) is 22.9 Å². The van der Waals surface area contributed by atoms with Crippen LogP contribution in [-0.2, 0) is 0 Å². The molecule has 0 spiro atoms. The minimum absolute atomic E-state index is 0.937. The zero-order valence-electron chi connectivity index (χ0n) is 24.2. The number of benzene rings is 9. The van der Waals surface area contributed by atoms with Crippen LogP contribution in [-0.4, -0.2) is 24.1 Å². The molecule has 9 aromatic carbocycles. The van der Waals surface area contributed by atoms with Crippen LogP contribution in [0.5, 0.6) is 0 Å². The first-order valence-corrected chi connectivity index (χ1v) is 14.3. The second-order valence-corrected chi connectivity index (χ2v) is 10.9. The van der Waals surface area contributed by atoms with Crippen molar-refractivity contribution in [3.8, 4) is 0 Å². The fraction of sp³-hybridized carbons (Fsp3) is 0. The monoisotopic (exact) mass is 606 g/mol. The van der Waals surface area contributed by atoms with Gasteiger partial charge in [0.1, 0.15) is 0 Å². The molecule has 0 aromatic heterocycles. The molecule has 0 fully saturated rings. The largest absolute Gasteiger partial charge is 0.351 e. The Balaban J connectivity index is 0.000000206. The first-order valence-electron chi connectivity index (χ1n) is 14.3. The van der Waals surface area contributed by atoms with Crippen molar-refractivity contribution in [3.05, 3.63) is 97.1 Å².